The number of nitrogens with one attached hydrogen (secondary N) is 1. The number of nitrogens with zero attached hydrogens (tertiary/aromatic N) is 1. The molecular weight excluding hydrogens is 460 g/mol. The van der Waals surface area contributed by atoms with Gasteiger partial charge in [-0.1, -0.05) is 77.9 Å². The molecule has 1 saturated carbocycles. The monoisotopic (exact) mass is 496 g/mol. The van der Waals surface area contributed by atoms with Crippen LogP contribution in [0.25, 0.3) is 0 Å². The predicted octanol–water partition coefficient (Wildman–Crippen LogP) is 6.75. The molecule has 0 heterocycles. The van der Waals surface area contributed by atoms with Crippen molar-refractivity contribution in [3.05, 3.63) is 101 Å². The summed E-state index contributed by atoms with van der Waals surface area (Å²) in [5.74, 6) is 0.189. The van der Waals surface area contributed by atoms with Gasteiger partial charge >= 0.3 is 5.97 Å². The SMILES string of the molecule is CC(C)(C)c1ccc(C(=O)Oc2ccc(C=NNC(=O)C3CC3c3ccc(C(C)(C)C)cc3)cc2)cc1. The van der Waals surface area contributed by atoms with Crippen molar-refractivity contribution < 1.29 is 14.3 Å². The molecule has 1 aliphatic carbocycles. The first kappa shape index (κ1) is 26.3. The van der Waals surface area contributed by atoms with Crippen LogP contribution in [0.2, 0.25) is 0 Å². The second-order valence-electron chi connectivity index (χ2n) is 11.8. The predicted molar refractivity (Wildman–Crippen MR) is 148 cm³/mol. The van der Waals surface area contributed by atoms with Crippen LogP contribution in [-0.2, 0) is 15.6 Å². The number of benzene rings is 3. The lowest BCUT2D eigenvalue weighted by Crippen LogP contribution is -2.20. The highest BCUT2D eigenvalue weighted by Crippen LogP contribution is 2.47. The summed E-state index contributed by atoms with van der Waals surface area (Å²) >= 11 is 0. The third-order valence-corrected chi connectivity index (χ3v) is 6.80. The quantitative estimate of drug-likeness (QED) is 0.178. The van der Waals surface area contributed by atoms with Gasteiger partial charge in [0.2, 0.25) is 5.91 Å². The van der Waals surface area contributed by atoms with E-state index in [-0.39, 0.29) is 28.6 Å². The molecule has 37 heavy (non-hydrogen) atoms. The molecule has 192 valence electrons. The van der Waals surface area contributed by atoms with Crippen molar-refractivity contribution in [1.82, 2.24) is 5.43 Å². The highest BCUT2D eigenvalue weighted by Gasteiger charge is 2.44. The lowest BCUT2D eigenvalue weighted by molar-refractivity contribution is -0.122. The summed E-state index contributed by atoms with van der Waals surface area (Å²) < 4.78 is 5.49. The van der Waals surface area contributed by atoms with Crippen LogP contribution in [0.3, 0.4) is 0 Å². The Labute approximate surface area is 220 Å². The van der Waals surface area contributed by atoms with Gasteiger partial charge in [-0.25, -0.2) is 10.2 Å². The smallest absolute Gasteiger partial charge is 0.343 e. The third-order valence-electron chi connectivity index (χ3n) is 6.80. The molecular formula is C32H36N2O3. The van der Waals surface area contributed by atoms with Crippen LogP contribution in [0.1, 0.15) is 86.5 Å². The molecule has 2 atom stereocenters. The van der Waals surface area contributed by atoms with Crippen LogP contribution in [-0.4, -0.2) is 18.1 Å². The normalized spacial score (nSPS) is 17.5. The number of hydrazone groups is 1. The Balaban J connectivity index is 1.26. The Kier molecular flexibility index (Phi) is 7.35. The van der Waals surface area contributed by atoms with Crippen molar-refractivity contribution in [1.29, 1.82) is 0 Å². The minimum atomic E-state index is -0.402. The van der Waals surface area contributed by atoms with Crippen molar-refractivity contribution in [2.45, 2.75) is 64.7 Å². The fourth-order valence-corrected chi connectivity index (χ4v) is 4.23. The summed E-state index contributed by atoms with van der Waals surface area (Å²) in [6.45, 7) is 13.0. The van der Waals surface area contributed by atoms with Crippen molar-refractivity contribution >= 4 is 18.1 Å². The zero-order valence-electron chi connectivity index (χ0n) is 22.5. The summed E-state index contributed by atoms with van der Waals surface area (Å²) in [6, 6.07) is 23.1. The van der Waals surface area contributed by atoms with Gasteiger partial charge in [0.05, 0.1) is 11.8 Å². The Hall–Kier alpha value is -3.73. The first-order chi connectivity index (χ1) is 17.4. The molecule has 0 aromatic heterocycles. The molecule has 5 heteroatoms. The number of esters is 1. The van der Waals surface area contributed by atoms with E-state index in [0.29, 0.717) is 11.3 Å². The fourth-order valence-electron chi connectivity index (χ4n) is 4.23. The third kappa shape index (κ3) is 6.73. The van der Waals surface area contributed by atoms with Crippen molar-refractivity contribution in [2.75, 3.05) is 0 Å². The van der Waals surface area contributed by atoms with E-state index in [1.165, 1.54) is 11.1 Å². The molecule has 5 nitrogen and oxygen atoms in total. The van der Waals surface area contributed by atoms with Crippen LogP contribution in [0.4, 0.5) is 0 Å². The van der Waals surface area contributed by atoms with Gasteiger partial charge in [-0.15, -0.1) is 0 Å². The second-order valence-corrected chi connectivity index (χ2v) is 11.8. The average molecular weight is 497 g/mol. The first-order valence-corrected chi connectivity index (χ1v) is 12.8. The van der Waals surface area contributed by atoms with Gasteiger partial charge in [-0.05, 0) is 81.8 Å². The summed E-state index contributed by atoms with van der Waals surface area (Å²) in [4.78, 5) is 25.0. The Morgan fingerprint density at radius 1 is 0.811 bits per heavy atom. The van der Waals surface area contributed by atoms with E-state index in [1.807, 2.05) is 12.1 Å². The van der Waals surface area contributed by atoms with E-state index in [9.17, 15) is 9.59 Å². The molecule has 4 rings (SSSR count). The van der Waals surface area contributed by atoms with Crippen LogP contribution in [0.15, 0.2) is 77.9 Å². The number of carbonyl (C=O) groups excluding carboxylic acids is 2. The Morgan fingerprint density at radius 3 is 1.89 bits per heavy atom. The van der Waals surface area contributed by atoms with Crippen molar-refractivity contribution in [2.24, 2.45) is 11.0 Å². The molecule has 1 N–H and O–H groups in total. The van der Waals surface area contributed by atoms with Crippen LogP contribution >= 0.6 is 0 Å². The van der Waals surface area contributed by atoms with Gasteiger partial charge < -0.3 is 4.74 Å². The van der Waals surface area contributed by atoms with Gasteiger partial charge in [0.1, 0.15) is 5.75 Å². The second kappa shape index (κ2) is 10.3. The standard InChI is InChI=1S/C32H36N2O3/c1-31(2,3)24-13-9-22(10-14-24)27-19-28(27)29(35)34-33-20-21-7-17-26(18-8-21)37-30(36)23-11-15-25(16-12-23)32(4,5)6/h7-18,20,27-28H,19H2,1-6H3,(H,34,35). The van der Waals surface area contributed by atoms with Gasteiger partial charge in [-0.2, -0.15) is 5.10 Å². The minimum absolute atomic E-state index is 0.0258. The number of hydrogen-bond acceptors (Lipinski definition) is 4. The fraction of sp³-hybridized carbons (Fsp3) is 0.344. The zero-order chi connectivity index (χ0) is 26.8. The maximum absolute atomic E-state index is 12.5. The molecule has 0 aliphatic heterocycles. The maximum Gasteiger partial charge on any atom is 0.343 e. The van der Waals surface area contributed by atoms with E-state index in [0.717, 1.165) is 17.5 Å². The van der Waals surface area contributed by atoms with Crippen molar-refractivity contribution in [3.8, 4) is 5.75 Å². The number of rotatable bonds is 6. The molecule has 2 unspecified atom stereocenters. The van der Waals surface area contributed by atoms with Gasteiger partial charge in [-0.3, -0.25) is 4.79 Å². The van der Waals surface area contributed by atoms with E-state index < -0.39 is 5.97 Å². The molecule has 0 saturated heterocycles. The van der Waals surface area contributed by atoms with E-state index >= 15 is 0 Å². The summed E-state index contributed by atoms with van der Waals surface area (Å²) in [5.41, 5.74) is 7.75. The van der Waals surface area contributed by atoms with Gasteiger partial charge in [0.15, 0.2) is 0 Å². The molecule has 0 spiro atoms. The van der Waals surface area contributed by atoms with Crippen LogP contribution in [0, 0.1) is 5.92 Å². The number of amides is 1. The lowest BCUT2D eigenvalue weighted by atomic mass is 9.86. The Bertz CT molecular complexity index is 1280. The first-order valence-electron chi connectivity index (χ1n) is 12.8. The summed E-state index contributed by atoms with van der Waals surface area (Å²) in [6.07, 6.45) is 2.43. The Morgan fingerprint density at radius 2 is 1.35 bits per heavy atom. The van der Waals surface area contributed by atoms with E-state index in [4.69, 9.17) is 4.74 Å². The van der Waals surface area contributed by atoms with Crippen LogP contribution < -0.4 is 10.2 Å². The molecule has 1 aliphatic rings. The topological polar surface area (TPSA) is 67.8 Å². The summed E-state index contributed by atoms with van der Waals surface area (Å²) in [7, 11) is 0. The number of ether oxygens (including phenoxy) is 1. The highest BCUT2D eigenvalue weighted by atomic mass is 16.5. The number of carbonyl (C=O) groups is 2. The molecule has 1 fully saturated rings. The van der Waals surface area contributed by atoms with E-state index in [1.54, 1.807) is 42.6 Å². The summed E-state index contributed by atoms with van der Waals surface area (Å²) in [5, 5.41) is 4.11. The molecule has 0 bridgehead atoms. The van der Waals surface area contributed by atoms with Crippen molar-refractivity contribution in [3.63, 3.8) is 0 Å². The minimum Gasteiger partial charge on any atom is -0.423 e. The molecule has 0 radical (unpaired) electrons. The van der Waals surface area contributed by atoms with Crippen LogP contribution in [0.5, 0.6) is 5.75 Å². The largest absolute Gasteiger partial charge is 0.423 e. The van der Waals surface area contributed by atoms with E-state index in [2.05, 4.69) is 76.3 Å². The lowest BCUT2D eigenvalue weighted by Gasteiger charge is -2.19. The molecule has 1 amide bonds. The maximum atomic E-state index is 12.5. The molecule has 3 aromatic carbocycles. The highest BCUT2D eigenvalue weighted by molar-refractivity contribution is 5.91. The van der Waals surface area contributed by atoms with Gasteiger partial charge in [0.25, 0.3) is 0 Å². The molecule has 3 aromatic rings. The van der Waals surface area contributed by atoms with Gasteiger partial charge in [0, 0.05) is 5.92 Å². The number of hydrogen-bond donors (Lipinski definition) is 1. The average Bonchev–Trinajstić information content (AvgIpc) is 3.65. The zero-order valence-corrected chi connectivity index (χ0v) is 22.5.